The van der Waals surface area contributed by atoms with E-state index in [0.717, 1.165) is 0 Å². The van der Waals surface area contributed by atoms with Crippen LogP contribution in [-0.2, 0) is 100.0 Å². The molecule has 0 bridgehead atoms. The average Bonchev–Trinajstić information content (AvgIpc) is 3.44. The fourth-order valence-electron chi connectivity index (χ4n) is 3.30. The summed E-state index contributed by atoms with van der Waals surface area (Å²) in [6.07, 6.45) is 1.51. The van der Waals surface area contributed by atoms with Crippen molar-refractivity contribution in [1.82, 2.24) is 0 Å². The number of esters is 5. The fraction of sp³-hybridized carbons (Fsp3) is 0.809. The van der Waals surface area contributed by atoms with E-state index in [1.165, 1.54) is 0 Å². The van der Waals surface area contributed by atoms with Gasteiger partial charge in [0.15, 0.2) is 0 Å². The standard InChI is InChI=1S/C12H22O8.C10H18O7.C8H14O6.C5H10O4.2C3H4O2.3C2H6O2/c13-3-7-19-11(15)1-5-17-9-10-18-6-2-12(16)20-8-4-14;11-3-6-17-10(14)2-5-16-8-7-15-4-1-9(12)13;9-7(10)1-3-13-5-6-14-4-2-8(11)12;6-2-4-9-3-1-5(7)8;2*4-3-1-2-5-3;3*3-1-2-4/h13-14H,1-10H2;11H,1-8H2,(H,12,13);1-6H2,(H,9,10)(H,11,12);6H,1-4H2,(H,7,8);2*1-2H2;3*3-4H,1-2H2. The van der Waals surface area contributed by atoms with Crippen LogP contribution in [0.4, 0.5) is 0 Å². The van der Waals surface area contributed by atoms with Crippen LogP contribution in [0.3, 0.4) is 0 Å². The van der Waals surface area contributed by atoms with Gasteiger partial charge in [0.1, 0.15) is 33.0 Å². The summed E-state index contributed by atoms with van der Waals surface area (Å²) in [7, 11) is 0. The largest absolute Gasteiger partial charge is 0.481 e. The first-order chi connectivity index (χ1) is 39.3. The van der Waals surface area contributed by atoms with E-state index >= 15 is 0 Å². The molecule has 0 aromatic heterocycles. The highest BCUT2D eigenvalue weighted by molar-refractivity contribution is 5.74. The summed E-state index contributed by atoms with van der Waals surface area (Å²) in [5.74, 6) is -5.00. The van der Waals surface area contributed by atoms with Gasteiger partial charge in [-0.3, -0.25) is 43.2 Å². The third kappa shape index (κ3) is 110. The first-order valence-electron chi connectivity index (χ1n) is 25.1. The number of rotatable bonds is 41. The molecule has 0 saturated carbocycles. The predicted molar refractivity (Wildman–Crippen MR) is 273 cm³/mol. The molecule has 2 rings (SSSR count). The van der Waals surface area contributed by atoms with Crippen molar-refractivity contribution >= 4 is 53.7 Å². The summed E-state index contributed by atoms with van der Waals surface area (Å²) < 4.78 is 57.1. The van der Waals surface area contributed by atoms with Gasteiger partial charge in [-0.1, -0.05) is 0 Å². The van der Waals surface area contributed by atoms with Crippen molar-refractivity contribution in [2.75, 3.05) is 192 Å². The van der Waals surface area contributed by atoms with Crippen molar-refractivity contribution in [2.45, 2.75) is 57.8 Å². The third-order valence-corrected chi connectivity index (χ3v) is 7.05. The molecule has 2 aliphatic rings. The van der Waals surface area contributed by atoms with Gasteiger partial charge in [-0.2, -0.15) is 0 Å². The average molecular weight is 1220 g/mol. The quantitative estimate of drug-likeness (QED) is 0.0154. The lowest BCUT2D eigenvalue weighted by Gasteiger charge is -2.09. The third-order valence-electron chi connectivity index (χ3n) is 7.05. The van der Waals surface area contributed by atoms with Crippen LogP contribution in [0, 0.1) is 0 Å². The van der Waals surface area contributed by atoms with Gasteiger partial charge in [0.25, 0.3) is 0 Å². The van der Waals surface area contributed by atoms with E-state index in [2.05, 4.69) is 28.4 Å². The van der Waals surface area contributed by atoms with E-state index in [0.29, 0.717) is 52.5 Å². The molecule has 82 heavy (non-hydrogen) atoms. The zero-order valence-corrected chi connectivity index (χ0v) is 46.2. The Morgan fingerprint density at radius 3 is 0.585 bits per heavy atom. The van der Waals surface area contributed by atoms with E-state index in [9.17, 15) is 43.2 Å². The summed E-state index contributed by atoms with van der Waals surface area (Å²) in [5, 5.41) is 112. The summed E-state index contributed by atoms with van der Waals surface area (Å²) in [6.45, 7) is 3.13. The second-order valence-electron chi connectivity index (χ2n) is 13.9. The van der Waals surface area contributed by atoms with Crippen molar-refractivity contribution in [2.24, 2.45) is 0 Å². The number of carbonyl (C=O) groups is 9. The molecule has 488 valence electrons. The van der Waals surface area contributed by atoms with Crippen LogP contribution in [0.25, 0.3) is 0 Å². The predicted octanol–water partition coefficient (Wildman–Crippen LogP) is -5.49. The normalized spacial score (nSPS) is 11.0. The van der Waals surface area contributed by atoms with Gasteiger partial charge < -0.3 is 128 Å². The Morgan fingerprint density at radius 1 is 0.280 bits per heavy atom. The monoisotopic (exact) mass is 1210 g/mol. The number of cyclic esters (lactones) is 2. The van der Waals surface area contributed by atoms with Crippen LogP contribution >= 0.6 is 0 Å². The fourth-order valence-corrected chi connectivity index (χ4v) is 3.30. The Labute approximate surface area is 473 Å². The molecule has 2 heterocycles. The van der Waals surface area contributed by atoms with E-state index in [-0.39, 0.29) is 209 Å². The molecule has 2 aliphatic heterocycles. The summed E-state index contributed by atoms with van der Waals surface area (Å²) >= 11 is 0. The van der Waals surface area contributed by atoms with Crippen molar-refractivity contribution in [3.05, 3.63) is 0 Å². The van der Waals surface area contributed by atoms with Gasteiger partial charge in [-0.15, -0.1) is 0 Å². The number of hydrogen-bond acceptors (Lipinski definition) is 31. The van der Waals surface area contributed by atoms with Crippen molar-refractivity contribution in [1.29, 1.82) is 0 Å². The lowest BCUT2D eigenvalue weighted by atomic mass is 10.4. The molecule has 35 nitrogen and oxygen atoms in total. The van der Waals surface area contributed by atoms with E-state index in [4.69, 9.17) is 99.9 Å². The Kier molecular flexibility index (Phi) is 90.3. The number of aliphatic hydroxyl groups excluding tert-OH is 10. The zero-order chi connectivity index (χ0) is 63.6. The molecule has 35 heteroatoms. The summed E-state index contributed by atoms with van der Waals surface area (Å²) in [4.78, 5) is 92.2. The first kappa shape index (κ1) is 90.3. The smallest absolute Gasteiger partial charge is 0.309 e. The number of carboxylic acids is 4. The number of carbonyl (C=O) groups excluding carboxylic acids is 5. The minimum Gasteiger partial charge on any atom is -0.481 e. The van der Waals surface area contributed by atoms with Gasteiger partial charge in [0.05, 0.1) is 216 Å². The second-order valence-corrected chi connectivity index (χ2v) is 13.9. The SMILES string of the molecule is O=C(CCOCCOCCC(=O)OCCO)OCCO.O=C(O)CCOCCO.O=C(O)CCOCCOCCC(=O)O.O=C(O)CCOCCOCCC(=O)OCCO.O=C1CCO1.O=C1CCO1.OCCO.OCCO.OCCO. The van der Waals surface area contributed by atoms with Crippen molar-refractivity contribution in [3.8, 4) is 0 Å². The molecule has 0 atom stereocenters. The Morgan fingerprint density at radius 2 is 0.451 bits per heavy atom. The van der Waals surface area contributed by atoms with E-state index in [1.807, 2.05) is 0 Å². The summed E-state index contributed by atoms with van der Waals surface area (Å²) in [6, 6.07) is 0. The minimum absolute atomic E-state index is 0. The van der Waals surface area contributed by atoms with Crippen LogP contribution in [0.1, 0.15) is 57.8 Å². The highest BCUT2D eigenvalue weighted by atomic mass is 16.6. The van der Waals surface area contributed by atoms with Crippen LogP contribution < -0.4 is 0 Å². The lowest BCUT2D eigenvalue weighted by molar-refractivity contribution is -0.158. The topological polar surface area (TPSA) is 548 Å². The van der Waals surface area contributed by atoms with E-state index < -0.39 is 41.8 Å². The lowest BCUT2D eigenvalue weighted by Crippen LogP contribution is -2.18. The highest BCUT2D eigenvalue weighted by Crippen LogP contribution is 1.98. The molecule has 0 aromatic carbocycles. The highest BCUT2D eigenvalue weighted by Gasteiger charge is 2.12. The molecule has 0 aliphatic carbocycles. The number of aliphatic hydroxyl groups is 10. The second kappa shape index (κ2) is 82.0. The van der Waals surface area contributed by atoms with Crippen LogP contribution in [-0.4, -0.2) is 317 Å². The molecule has 0 aromatic rings. The van der Waals surface area contributed by atoms with E-state index in [1.54, 1.807) is 0 Å². The molecular weight excluding hydrogens is 1120 g/mol. The first-order valence-corrected chi connectivity index (χ1v) is 25.1. The molecule has 0 spiro atoms. The number of aliphatic carboxylic acids is 4. The number of hydrogen-bond donors (Lipinski definition) is 14. The van der Waals surface area contributed by atoms with Crippen LogP contribution in [0.15, 0.2) is 0 Å². The van der Waals surface area contributed by atoms with Crippen molar-refractivity contribution < 1.29 is 171 Å². The Balaban J connectivity index is -0.000000165. The molecule has 14 N–H and O–H groups in total. The molecule has 0 radical (unpaired) electrons. The molecular formula is C47H90O35. The van der Waals surface area contributed by atoms with Gasteiger partial charge in [0.2, 0.25) is 0 Å². The van der Waals surface area contributed by atoms with Gasteiger partial charge >= 0.3 is 53.7 Å². The maximum atomic E-state index is 11.0. The van der Waals surface area contributed by atoms with Crippen LogP contribution in [0.5, 0.6) is 0 Å². The molecule has 0 unspecified atom stereocenters. The molecule has 2 fully saturated rings. The van der Waals surface area contributed by atoms with Gasteiger partial charge in [0, 0.05) is 0 Å². The molecule has 2 saturated heterocycles. The molecule has 0 amide bonds. The van der Waals surface area contributed by atoms with Gasteiger partial charge in [-0.05, 0) is 0 Å². The van der Waals surface area contributed by atoms with Crippen molar-refractivity contribution in [3.63, 3.8) is 0 Å². The van der Waals surface area contributed by atoms with Crippen LogP contribution in [0.2, 0.25) is 0 Å². The zero-order valence-electron chi connectivity index (χ0n) is 46.2. The Bertz CT molecular complexity index is 1350. The maximum Gasteiger partial charge on any atom is 0.309 e. The Hall–Kier alpha value is -5.45. The number of ether oxygens (including phenoxy) is 12. The maximum absolute atomic E-state index is 11.0. The number of carboxylic acid groups (broad SMARTS) is 4. The minimum atomic E-state index is -0.906. The van der Waals surface area contributed by atoms with Gasteiger partial charge in [-0.25, -0.2) is 0 Å². The summed E-state index contributed by atoms with van der Waals surface area (Å²) in [5.41, 5.74) is 0.